The van der Waals surface area contributed by atoms with Crippen LogP contribution in [0, 0.1) is 0 Å². The third-order valence-electron chi connectivity index (χ3n) is 3.29. The van der Waals surface area contributed by atoms with E-state index >= 15 is 0 Å². The molecular weight excluding hydrogens is 260 g/mol. The molecule has 0 aliphatic carbocycles. The number of amides is 1. The van der Waals surface area contributed by atoms with Crippen molar-refractivity contribution in [1.29, 1.82) is 0 Å². The summed E-state index contributed by atoms with van der Waals surface area (Å²) in [6, 6.07) is 1.93. The molecule has 3 heterocycles. The van der Waals surface area contributed by atoms with Crippen LogP contribution in [-0.2, 0) is 4.79 Å². The number of hydrogen-bond acceptors (Lipinski definition) is 4. The van der Waals surface area contributed by atoms with Gasteiger partial charge in [0.25, 0.3) is 0 Å². The van der Waals surface area contributed by atoms with Gasteiger partial charge < -0.3 is 10.1 Å². The molecule has 5 heteroatoms. The number of aliphatic imine (C=N–C) groups is 1. The van der Waals surface area contributed by atoms with Crippen molar-refractivity contribution in [3.05, 3.63) is 22.7 Å². The third kappa shape index (κ3) is 2.71. The molecule has 2 aliphatic heterocycles. The Kier molecular flexibility index (Phi) is 3.38. The van der Waals surface area contributed by atoms with Crippen molar-refractivity contribution in [2.75, 3.05) is 11.9 Å². The summed E-state index contributed by atoms with van der Waals surface area (Å²) in [5.41, 5.74) is 1.17. The molecule has 1 amide bonds. The molecule has 0 bridgehead atoms. The standard InChI is InChI=1S/C14H16N2O2S/c1-9(17)16-13-8-12-14(19-13)10(4-6-18-12)7-11-3-2-5-15-11/h3,5,8,10H,2,4,6-7H2,1H3,(H,16,17). The molecule has 100 valence electrons. The lowest BCUT2D eigenvalue weighted by Gasteiger charge is -2.22. The maximum absolute atomic E-state index is 11.1. The number of rotatable bonds is 3. The average Bonchev–Trinajstić information content (AvgIpc) is 2.97. The van der Waals surface area contributed by atoms with Crippen LogP contribution < -0.4 is 10.1 Å². The molecular formula is C14H16N2O2S. The van der Waals surface area contributed by atoms with Crippen LogP contribution in [-0.4, -0.2) is 18.7 Å². The highest BCUT2D eigenvalue weighted by Crippen LogP contribution is 2.45. The van der Waals surface area contributed by atoms with E-state index < -0.39 is 0 Å². The Labute approximate surface area is 116 Å². The van der Waals surface area contributed by atoms with E-state index in [4.69, 9.17) is 4.74 Å². The molecule has 0 radical (unpaired) electrons. The van der Waals surface area contributed by atoms with Gasteiger partial charge >= 0.3 is 0 Å². The number of fused-ring (bicyclic) bond motifs is 1. The summed E-state index contributed by atoms with van der Waals surface area (Å²) in [6.07, 6.45) is 7.06. The van der Waals surface area contributed by atoms with E-state index in [1.807, 2.05) is 12.3 Å². The topological polar surface area (TPSA) is 50.7 Å². The minimum atomic E-state index is -0.0433. The van der Waals surface area contributed by atoms with Crippen LogP contribution >= 0.6 is 11.3 Å². The van der Waals surface area contributed by atoms with Gasteiger partial charge in [0.2, 0.25) is 5.91 Å². The number of nitrogens with zero attached hydrogens (tertiary/aromatic N) is 1. The van der Waals surface area contributed by atoms with Gasteiger partial charge in [0.05, 0.1) is 16.5 Å². The Morgan fingerprint density at radius 1 is 1.63 bits per heavy atom. The summed E-state index contributed by atoms with van der Waals surface area (Å²) in [7, 11) is 0. The van der Waals surface area contributed by atoms with Gasteiger partial charge in [-0.2, -0.15) is 0 Å². The average molecular weight is 276 g/mol. The second-order valence-electron chi connectivity index (χ2n) is 4.80. The number of anilines is 1. The maximum Gasteiger partial charge on any atom is 0.221 e. The Balaban J connectivity index is 1.80. The third-order valence-corrected chi connectivity index (χ3v) is 4.48. The first-order valence-corrected chi connectivity index (χ1v) is 7.29. The Bertz CT molecular complexity index is 560. The van der Waals surface area contributed by atoms with E-state index in [9.17, 15) is 4.79 Å². The fourth-order valence-corrected chi connectivity index (χ4v) is 3.64. The zero-order valence-electron chi connectivity index (χ0n) is 10.8. The number of thiophene rings is 1. The van der Waals surface area contributed by atoms with E-state index in [0.29, 0.717) is 5.92 Å². The lowest BCUT2D eigenvalue weighted by Crippen LogP contribution is -2.12. The summed E-state index contributed by atoms with van der Waals surface area (Å²) < 4.78 is 5.68. The molecule has 1 aromatic rings. The van der Waals surface area contributed by atoms with Crippen molar-refractivity contribution in [1.82, 2.24) is 0 Å². The predicted octanol–water partition coefficient (Wildman–Crippen LogP) is 3.32. The van der Waals surface area contributed by atoms with Crippen molar-refractivity contribution >= 4 is 28.5 Å². The van der Waals surface area contributed by atoms with Gasteiger partial charge in [-0.15, -0.1) is 11.3 Å². The molecule has 0 spiro atoms. The van der Waals surface area contributed by atoms with Gasteiger partial charge in [-0.3, -0.25) is 9.79 Å². The van der Waals surface area contributed by atoms with Crippen molar-refractivity contribution in [3.63, 3.8) is 0 Å². The lowest BCUT2D eigenvalue weighted by molar-refractivity contribution is -0.114. The molecule has 4 nitrogen and oxygen atoms in total. The summed E-state index contributed by atoms with van der Waals surface area (Å²) in [5.74, 6) is 1.34. The molecule has 0 aromatic carbocycles. The van der Waals surface area contributed by atoms with Crippen LogP contribution in [0.1, 0.15) is 37.0 Å². The van der Waals surface area contributed by atoms with Crippen molar-refractivity contribution in [2.24, 2.45) is 4.99 Å². The number of carbonyl (C=O) groups excluding carboxylic acids is 1. The zero-order valence-corrected chi connectivity index (χ0v) is 11.6. The van der Waals surface area contributed by atoms with E-state index in [1.165, 1.54) is 17.5 Å². The lowest BCUT2D eigenvalue weighted by atomic mass is 9.96. The summed E-state index contributed by atoms with van der Waals surface area (Å²) >= 11 is 1.62. The van der Waals surface area contributed by atoms with Crippen molar-refractivity contribution < 1.29 is 9.53 Å². The van der Waals surface area contributed by atoms with Gasteiger partial charge in [-0.25, -0.2) is 0 Å². The van der Waals surface area contributed by atoms with Gasteiger partial charge in [-0.1, -0.05) is 6.08 Å². The van der Waals surface area contributed by atoms with Gasteiger partial charge in [0.15, 0.2) is 0 Å². The Morgan fingerprint density at radius 3 is 3.26 bits per heavy atom. The second kappa shape index (κ2) is 5.17. The number of carbonyl (C=O) groups is 1. The van der Waals surface area contributed by atoms with Gasteiger partial charge in [0.1, 0.15) is 5.75 Å². The van der Waals surface area contributed by atoms with Crippen molar-refractivity contribution in [2.45, 2.75) is 32.1 Å². The quantitative estimate of drug-likeness (QED) is 0.920. The number of ether oxygens (including phenoxy) is 1. The minimum absolute atomic E-state index is 0.0433. The SMILES string of the molecule is CC(=O)Nc1cc2c(s1)C(CC1=CCC=N1)CCO2. The molecule has 3 rings (SSSR count). The monoisotopic (exact) mass is 276 g/mol. The van der Waals surface area contributed by atoms with Gasteiger partial charge in [0, 0.05) is 37.2 Å². The molecule has 1 aromatic heterocycles. The van der Waals surface area contributed by atoms with Crippen LogP contribution in [0.4, 0.5) is 5.00 Å². The van der Waals surface area contributed by atoms with Gasteiger partial charge in [-0.05, 0) is 12.8 Å². The molecule has 1 atom stereocenters. The first kappa shape index (κ1) is 12.4. The van der Waals surface area contributed by atoms with Crippen LogP contribution in [0.2, 0.25) is 0 Å². The van der Waals surface area contributed by atoms with E-state index in [1.54, 1.807) is 11.3 Å². The fraction of sp³-hybridized carbons (Fsp3) is 0.429. The molecule has 2 aliphatic rings. The van der Waals surface area contributed by atoms with Crippen molar-refractivity contribution in [3.8, 4) is 5.75 Å². The summed E-state index contributed by atoms with van der Waals surface area (Å²) in [4.78, 5) is 16.7. The smallest absolute Gasteiger partial charge is 0.221 e. The second-order valence-corrected chi connectivity index (χ2v) is 5.89. The Hall–Kier alpha value is -1.62. The predicted molar refractivity (Wildman–Crippen MR) is 77.3 cm³/mol. The molecule has 0 saturated carbocycles. The summed E-state index contributed by atoms with van der Waals surface area (Å²) in [5, 5.41) is 3.70. The molecule has 19 heavy (non-hydrogen) atoms. The molecule has 0 fully saturated rings. The van der Waals surface area contributed by atoms with E-state index in [2.05, 4.69) is 16.4 Å². The van der Waals surface area contributed by atoms with Crippen LogP contribution in [0.3, 0.4) is 0 Å². The highest BCUT2D eigenvalue weighted by atomic mass is 32.1. The van der Waals surface area contributed by atoms with Crippen LogP contribution in [0.5, 0.6) is 5.75 Å². The fourth-order valence-electron chi connectivity index (χ4n) is 2.46. The normalized spacial score (nSPS) is 20.7. The number of nitrogens with one attached hydrogen (secondary N) is 1. The number of allylic oxidation sites excluding steroid dienone is 2. The van der Waals surface area contributed by atoms with E-state index in [0.717, 1.165) is 36.6 Å². The van der Waals surface area contributed by atoms with Crippen LogP contribution in [0.25, 0.3) is 0 Å². The molecule has 1 unspecified atom stereocenters. The highest BCUT2D eigenvalue weighted by Gasteiger charge is 2.26. The molecule has 1 N–H and O–H groups in total. The first-order valence-electron chi connectivity index (χ1n) is 6.48. The Morgan fingerprint density at radius 2 is 2.53 bits per heavy atom. The largest absolute Gasteiger partial charge is 0.492 e. The first-order chi connectivity index (χ1) is 9.22. The van der Waals surface area contributed by atoms with Crippen LogP contribution in [0.15, 0.2) is 22.8 Å². The van der Waals surface area contributed by atoms with E-state index in [-0.39, 0.29) is 5.91 Å². The maximum atomic E-state index is 11.1. The number of hydrogen-bond donors (Lipinski definition) is 1. The highest BCUT2D eigenvalue weighted by molar-refractivity contribution is 7.16. The zero-order chi connectivity index (χ0) is 13.2. The minimum Gasteiger partial charge on any atom is -0.492 e. The molecule has 0 saturated heterocycles. The summed E-state index contributed by atoms with van der Waals surface area (Å²) in [6.45, 7) is 2.26.